The van der Waals surface area contributed by atoms with E-state index in [1.807, 2.05) is 13.8 Å². The molecule has 0 bridgehead atoms. The van der Waals surface area contributed by atoms with E-state index in [4.69, 9.17) is 22.3 Å². The van der Waals surface area contributed by atoms with Gasteiger partial charge in [-0.3, -0.25) is 24.2 Å². The molecule has 10 N–H and O–H groups in total. The zero-order valence-corrected chi connectivity index (χ0v) is 18.7. The zero-order valence-electron chi connectivity index (χ0n) is 18.7. The third kappa shape index (κ3) is 12.4. The van der Waals surface area contributed by atoms with Crippen molar-refractivity contribution in [2.75, 3.05) is 13.1 Å². The molecule has 0 aromatic carbocycles. The van der Waals surface area contributed by atoms with Gasteiger partial charge in [0, 0.05) is 6.54 Å². The second-order valence-corrected chi connectivity index (χ2v) is 8.09. The topological polar surface area (TPSA) is 215 Å². The lowest BCUT2D eigenvalue weighted by Gasteiger charge is -2.26. The van der Waals surface area contributed by atoms with Crippen LogP contribution in [0.4, 0.5) is 0 Å². The van der Waals surface area contributed by atoms with Crippen molar-refractivity contribution in [3.05, 3.63) is 0 Å². The first-order valence-electron chi connectivity index (χ1n) is 10.3. The molecule has 0 unspecified atom stereocenters. The van der Waals surface area contributed by atoms with Crippen LogP contribution < -0.4 is 33.2 Å². The number of carboxylic acid groups (broad SMARTS) is 1. The van der Waals surface area contributed by atoms with E-state index in [9.17, 15) is 19.2 Å². The van der Waals surface area contributed by atoms with Gasteiger partial charge < -0.3 is 38.3 Å². The van der Waals surface area contributed by atoms with Crippen molar-refractivity contribution in [1.82, 2.24) is 16.0 Å². The van der Waals surface area contributed by atoms with Gasteiger partial charge >= 0.3 is 5.97 Å². The lowest BCUT2D eigenvalue weighted by Crippen LogP contribution is -2.57. The average Bonchev–Trinajstić information content (AvgIpc) is 2.64. The molecule has 0 aliphatic rings. The molecule has 3 amide bonds. The van der Waals surface area contributed by atoms with E-state index in [-0.39, 0.29) is 30.8 Å². The maximum atomic E-state index is 12.8. The number of nitrogens with zero attached hydrogens (tertiary/aromatic N) is 1. The summed E-state index contributed by atoms with van der Waals surface area (Å²) in [5.41, 5.74) is 16.4. The van der Waals surface area contributed by atoms with Gasteiger partial charge in [-0.05, 0) is 31.1 Å². The summed E-state index contributed by atoms with van der Waals surface area (Å²) < 4.78 is 0. The van der Waals surface area contributed by atoms with Gasteiger partial charge in [0.1, 0.15) is 18.6 Å². The minimum atomic E-state index is -1.22. The van der Waals surface area contributed by atoms with Gasteiger partial charge in [0.15, 0.2) is 5.96 Å². The van der Waals surface area contributed by atoms with E-state index in [0.29, 0.717) is 12.8 Å². The predicted octanol–water partition coefficient (Wildman–Crippen LogP) is -1.76. The Morgan fingerprint density at radius 2 is 1.58 bits per heavy atom. The third-order valence-corrected chi connectivity index (χ3v) is 4.30. The number of nitrogens with one attached hydrogen (secondary N) is 3. The summed E-state index contributed by atoms with van der Waals surface area (Å²) >= 11 is 0. The fourth-order valence-corrected chi connectivity index (χ4v) is 2.73. The van der Waals surface area contributed by atoms with Crippen molar-refractivity contribution >= 4 is 29.7 Å². The Labute approximate surface area is 182 Å². The van der Waals surface area contributed by atoms with Crippen molar-refractivity contribution in [2.24, 2.45) is 34.0 Å². The Balaban J connectivity index is 5.23. The van der Waals surface area contributed by atoms with Crippen LogP contribution in [0.15, 0.2) is 4.99 Å². The molecule has 0 aliphatic carbocycles. The van der Waals surface area contributed by atoms with Crippen LogP contribution in [-0.4, -0.2) is 66.0 Å². The molecule has 0 heterocycles. The van der Waals surface area contributed by atoms with Crippen LogP contribution in [-0.2, 0) is 19.2 Å². The number of hydrogen-bond donors (Lipinski definition) is 7. The van der Waals surface area contributed by atoms with Gasteiger partial charge in [0.2, 0.25) is 17.7 Å². The number of rotatable bonds is 14. The average molecular weight is 444 g/mol. The molecule has 0 aromatic heterocycles. The molecule has 12 nitrogen and oxygen atoms in total. The molecule has 0 rings (SSSR count). The van der Waals surface area contributed by atoms with E-state index < -0.39 is 48.4 Å². The summed E-state index contributed by atoms with van der Waals surface area (Å²) in [6.45, 7) is 7.00. The number of aliphatic carboxylic acids is 1. The molecule has 0 saturated carbocycles. The molecular formula is C19H37N7O5. The Kier molecular flexibility index (Phi) is 12.9. The molecule has 0 aliphatic heterocycles. The van der Waals surface area contributed by atoms with Gasteiger partial charge in [0.25, 0.3) is 0 Å². The van der Waals surface area contributed by atoms with Gasteiger partial charge in [-0.15, -0.1) is 0 Å². The lowest BCUT2D eigenvalue weighted by molar-refractivity contribution is -0.138. The molecule has 3 atom stereocenters. The summed E-state index contributed by atoms with van der Waals surface area (Å²) in [6.07, 6.45) is 0.990. The maximum Gasteiger partial charge on any atom is 0.322 e. The number of hydrogen-bond acceptors (Lipinski definition) is 6. The number of amides is 3. The van der Waals surface area contributed by atoms with E-state index in [0.717, 1.165) is 0 Å². The second-order valence-electron chi connectivity index (χ2n) is 8.09. The first kappa shape index (κ1) is 28.1. The fourth-order valence-electron chi connectivity index (χ4n) is 2.73. The van der Waals surface area contributed by atoms with Crippen LogP contribution in [0.25, 0.3) is 0 Å². The van der Waals surface area contributed by atoms with Crippen molar-refractivity contribution < 1.29 is 24.3 Å². The highest BCUT2D eigenvalue weighted by molar-refractivity contribution is 5.93. The highest BCUT2D eigenvalue weighted by Crippen LogP contribution is 2.08. The fraction of sp³-hybridized carbons (Fsp3) is 0.737. The smallest absolute Gasteiger partial charge is 0.322 e. The summed E-state index contributed by atoms with van der Waals surface area (Å²) in [4.78, 5) is 52.1. The first-order chi connectivity index (χ1) is 14.3. The van der Waals surface area contributed by atoms with E-state index >= 15 is 0 Å². The lowest BCUT2D eigenvalue weighted by atomic mass is 10.00. The van der Waals surface area contributed by atoms with Crippen LogP contribution in [0.3, 0.4) is 0 Å². The minimum absolute atomic E-state index is 0.101. The van der Waals surface area contributed by atoms with Gasteiger partial charge in [-0.25, -0.2) is 0 Å². The zero-order chi connectivity index (χ0) is 24.1. The van der Waals surface area contributed by atoms with Crippen molar-refractivity contribution in [2.45, 2.75) is 65.1 Å². The second kappa shape index (κ2) is 14.2. The SMILES string of the molecule is CC(C)C[C@H](N)C(=O)N[C@H](C(=O)N[C@@H](CCCN=C(N)N)C(=O)NCC(=O)O)C(C)C. The van der Waals surface area contributed by atoms with Gasteiger partial charge in [-0.1, -0.05) is 27.7 Å². The van der Waals surface area contributed by atoms with Crippen LogP contribution in [0.5, 0.6) is 0 Å². The monoisotopic (exact) mass is 443 g/mol. The summed E-state index contributed by atoms with van der Waals surface area (Å²) in [7, 11) is 0. The Morgan fingerprint density at radius 1 is 0.968 bits per heavy atom. The summed E-state index contributed by atoms with van der Waals surface area (Å²) in [5, 5.41) is 16.2. The Morgan fingerprint density at radius 3 is 2.06 bits per heavy atom. The van der Waals surface area contributed by atoms with Crippen LogP contribution >= 0.6 is 0 Å². The molecular weight excluding hydrogens is 406 g/mol. The molecule has 0 spiro atoms. The normalized spacial score (nSPS) is 13.8. The third-order valence-electron chi connectivity index (χ3n) is 4.30. The van der Waals surface area contributed by atoms with Crippen LogP contribution in [0.1, 0.15) is 47.0 Å². The van der Waals surface area contributed by atoms with Gasteiger partial charge in [-0.2, -0.15) is 0 Å². The highest BCUT2D eigenvalue weighted by Gasteiger charge is 2.30. The highest BCUT2D eigenvalue weighted by atomic mass is 16.4. The quantitative estimate of drug-likeness (QED) is 0.0924. The molecule has 31 heavy (non-hydrogen) atoms. The van der Waals surface area contributed by atoms with Crippen molar-refractivity contribution in [1.29, 1.82) is 0 Å². The molecule has 0 aromatic rings. The number of carbonyl (C=O) groups is 4. The Bertz CT molecular complexity index is 648. The standard InChI is InChI=1S/C19H37N7O5/c1-10(2)8-12(20)16(29)26-15(11(3)4)18(31)25-13(6-5-7-23-19(21)22)17(30)24-9-14(27)28/h10-13,15H,5-9,20H2,1-4H3,(H,24,30)(H,25,31)(H,26,29)(H,27,28)(H4,21,22,23)/t12-,13-,15-/m0/s1. The number of carbonyl (C=O) groups excluding carboxylic acids is 3. The molecule has 12 heteroatoms. The van der Waals surface area contributed by atoms with Gasteiger partial charge in [0.05, 0.1) is 6.04 Å². The minimum Gasteiger partial charge on any atom is -0.480 e. The number of guanidine groups is 1. The van der Waals surface area contributed by atoms with Crippen molar-refractivity contribution in [3.63, 3.8) is 0 Å². The van der Waals surface area contributed by atoms with E-state index in [1.54, 1.807) is 13.8 Å². The molecule has 178 valence electrons. The van der Waals surface area contributed by atoms with Crippen molar-refractivity contribution in [3.8, 4) is 0 Å². The predicted molar refractivity (Wildman–Crippen MR) is 117 cm³/mol. The number of carboxylic acids is 1. The molecule has 0 saturated heterocycles. The number of aliphatic imine (C=N–C) groups is 1. The first-order valence-corrected chi connectivity index (χ1v) is 10.3. The molecule has 0 fully saturated rings. The Hall–Kier alpha value is -2.89. The van der Waals surface area contributed by atoms with E-state index in [1.165, 1.54) is 0 Å². The maximum absolute atomic E-state index is 12.8. The summed E-state index contributed by atoms with van der Waals surface area (Å²) in [6, 6.07) is -2.70. The van der Waals surface area contributed by atoms with Crippen LogP contribution in [0, 0.1) is 11.8 Å². The molecule has 0 radical (unpaired) electrons. The van der Waals surface area contributed by atoms with E-state index in [2.05, 4.69) is 20.9 Å². The number of nitrogens with two attached hydrogens (primary N) is 3. The largest absolute Gasteiger partial charge is 0.480 e. The summed E-state index contributed by atoms with van der Waals surface area (Å²) in [5.74, 6) is -3.08. The van der Waals surface area contributed by atoms with Crippen LogP contribution in [0.2, 0.25) is 0 Å².